The molecule has 3 rings (SSSR count). The summed E-state index contributed by atoms with van der Waals surface area (Å²) in [4.78, 5) is 27.3. The molecule has 1 atom stereocenters. The van der Waals surface area contributed by atoms with Gasteiger partial charge in [0.2, 0.25) is 0 Å². The molecule has 0 aromatic heterocycles. The molecule has 1 aliphatic heterocycles. The number of benzene rings is 2. The van der Waals surface area contributed by atoms with Crippen molar-refractivity contribution >= 4 is 23.5 Å². The van der Waals surface area contributed by atoms with Crippen LogP contribution in [-0.2, 0) is 6.42 Å². The Labute approximate surface area is 187 Å². The minimum absolute atomic E-state index is 0.153. The third-order valence-corrected chi connectivity index (χ3v) is 5.69. The van der Waals surface area contributed by atoms with E-state index in [2.05, 4.69) is 10.6 Å². The molecule has 8 heteroatoms. The van der Waals surface area contributed by atoms with E-state index in [0.717, 1.165) is 17.5 Å². The van der Waals surface area contributed by atoms with E-state index in [4.69, 9.17) is 21.1 Å². The molecule has 0 radical (unpaired) electrons. The Morgan fingerprint density at radius 1 is 1.13 bits per heavy atom. The summed E-state index contributed by atoms with van der Waals surface area (Å²) in [7, 11) is 3.17. The van der Waals surface area contributed by atoms with Crippen LogP contribution in [0.3, 0.4) is 0 Å². The van der Waals surface area contributed by atoms with Crippen molar-refractivity contribution in [2.24, 2.45) is 0 Å². The second-order valence-electron chi connectivity index (χ2n) is 7.29. The van der Waals surface area contributed by atoms with Crippen LogP contribution < -0.4 is 20.1 Å². The maximum absolute atomic E-state index is 12.8. The zero-order valence-electron chi connectivity index (χ0n) is 18.0. The average Bonchev–Trinajstić information content (AvgIpc) is 2.79. The largest absolute Gasteiger partial charge is 0.493 e. The number of hydrogen-bond donors (Lipinski definition) is 2. The summed E-state index contributed by atoms with van der Waals surface area (Å²) in [6.07, 6.45) is 1.53. The SMILES string of the molecule is CCCNC(=O)N1CCc2cc(OC)c(OC)cc2C1CNC(=O)c1ccccc1Cl. The predicted octanol–water partition coefficient (Wildman–Crippen LogP) is 3.81. The number of methoxy groups -OCH3 is 2. The van der Waals surface area contributed by atoms with Crippen molar-refractivity contribution < 1.29 is 19.1 Å². The molecule has 2 aromatic carbocycles. The Morgan fingerprint density at radius 3 is 2.52 bits per heavy atom. The monoisotopic (exact) mass is 445 g/mol. The highest BCUT2D eigenvalue weighted by atomic mass is 35.5. The van der Waals surface area contributed by atoms with Gasteiger partial charge in [0, 0.05) is 19.6 Å². The van der Waals surface area contributed by atoms with Gasteiger partial charge in [-0.05, 0) is 48.2 Å². The number of fused-ring (bicyclic) bond motifs is 1. The lowest BCUT2D eigenvalue weighted by Gasteiger charge is -2.38. The molecule has 166 valence electrons. The topological polar surface area (TPSA) is 79.9 Å². The zero-order chi connectivity index (χ0) is 22.4. The van der Waals surface area contributed by atoms with Crippen molar-refractivity contribution in [1.29, 1.82) is 0 Å². The molecule has 2 aromatic rings. The fourth-order valence-electron chi connectivity index (χ4n) is 3.75. The van der Waals surface area contributed by atoms with E-state index >= 15 is 0 Å². The smallest absolute Gasteiger partial charge is 0.317 e. The molecule has 0 aliphatic carbocycles. The normalized spacial score (nSPS) is 15.1. The van der Waals surface area contributed by atoms with E-state index in [1.807, 2.05) is 19.1 Å². The van der Waals surface area contributed by atoms with Crippen molar-refractivity contribution in [3.8, 4) is 11.5 Å². The molecule has 1 aliphatic rings. The van der Waals surface area contributed by atoms with E-state index in [-0.39, 0.29) is 24.5 Å². The van der Waals surface area contributed by atoms with E-state index < -0.39 is 0 Å². The standard InChI is InChI=1S/C23H28ClN3O4/c1-4-10-25-23(29)27-11-9-15-12-20(30-2)21(31-3)13-17(15)19(27)14-26-22(28)16-7-5-6-8-18(16)24/h5-8,12-13,19H,4,9-11,14H2,1-3H3,(H,25,29)(H,26,28). The van der Waals surface area contributed by atoms with Gasteiger partial charge < -0.3 is 25.0 Å². The Hall–Kier alpha value is -2.93. The second-order valence-corrected chi connectivity index (χ2v) is 7.69. The summed E-state index contributed by atoms with van der Waals surface area (Å²) in [6.45, 7) is 3.37. The van der Waals surface area contributed by atoms with Gasteiger partial charge in [-0.25, -0.2) is 4.79 Å². The van der Waals surface area contributed by atoms with Crippen LogP contribution in [0.2, 0.25) is 5.02 Å². The van der Waals surface area contributed by atoms with Gasteiger partial charge in [-0.3, -0.25) is 4.79 Å². The molecule has 1 heterocycles. The number of carbonyl (C=O) groups excluding carboxylic acids is 2. The maximum atomic E-state index is 12.8. The number of nitrogens with zero attached hydrogens (tertiary/aromatic N) is 1. The van der Waals surface area contributed by atoms with Crippen molar-refractivity contribution in [3.05, 3.63) is 58.1 Å². The van der Waals surface area contributed by atoms with Gasteiger partial charge in [0.25, 0.3) is 5.91 Å². The Kier molecular flexibility index (Phi) is 7.63. The minimum atomic E-state index is -0.355. The van der Waals surface area contributed by atoms with Crippen LogP contribution in [0.5, 0.6) is 11.5 Å². The highest BCUT2D eigenvalue weighted by Crippen LogP contribution is 2.38. The lowest BCUT2D eigenvalue weighted by Crippen LogP contribution is -2.49. The van der Waals surface area contributed by atoms with Gasteiger partial charge in [0.1, 0.15) is 0 Å². The molecule has 0 bridgehead atoms. The van der Waals surface area contributed by atoms with Gasteiger partial charge in [-0.1, -0.05) is 30.7 Å². The fourth-order valence-corrected chi connectivity index (χ4v) is 3.98. The summed E-state index contributed by atoms with van der Waals surface area (Å²) >= 11 is 6.17. The third-order valence-electron chi connectivity index (χ3n) is 5.36. The molecule has 2 N–H and O–H groups in total. The molecule has 1 unspecified atom stereocenters. The van der Waals surface area contributed by atoms with Crippen LogP contribution >= 0.6 is 11.6 Å². The van der Waals surface area contributed by atoms with Crippen molar-refractivity contribution in [3.63, 3.8) is 0 Å². The summed E-state index contributed by atoms with van der Waals surface area (Å²) < 4.78 is 10.9. The highest BCUT2D eigenvalue weighted by molar-refractivity contribution is 6.33. The first-order valence-electron chi connectivity index (χ1n) is 10.3. The molecule has 3 amide bonds. The first kappa shape index (κ1) is 22.7. The number of hydrogen-bond acceptors (Lipinski definition) is 4. The number of halogens is 1. The maximum Gasteiger partial charge on any atom is 0.317 e. The molecule has 0 saturated carbocycles. The lowest BCUT2D eigenvalue weighted by atomic mass is 9.91. The number of amides is 3. The summed E-state index contributed by atoms with van der Waals surface area (Å²) in [5, 5.41) is 6.26. The molecule has 0 saturated heterocycles. The van der Waals surface area contributed by atoms with Gasteiger partial charge in [-0.2, -0.15) is 0 Å². The van der Waals surface area contributed by atoms with Gasteiger partial charge in [-0.15, -0.1) is 0 Å². The molecular formula is C23H28ClN3O4. The second kappa shape index (κ2) is 10.4. The summed E-state index contributed by atoms with van der Waals surface area (Å²) in [5.41, 5.74) is 2.39. The number of rotatable bonds is 7. The van der Waals surface area contributed by atoms with Gasteiger partial charge >= 0.3 is 6.03 Å². The Morgan fingerprint density at radius 2 is 1.84 bits per heavy atom. The number of urea groups is 1. The number of nitrogens with one attached hydrogen (secondary N) is 2. The van der Waals surface area contributed by atoms with E-state index in [9.17, 15) is 9.59 Å². The van der Waals surface area contributed by atoms with Crippen LogP contribution in [0.4, 0.5) is 4.79 Å². The van der Waals surface area contributed by atoms with Crippen molar-refractivity contribution in [1.82, 2.24) is 15.5 Å². The van der Waals surface area contributed by atoms with Gasteiger partial charge in [0.05, 0.1) is 30.8 Å². The number of ether oxygens (including phenoxy) is 2. The summed E-state index contributed by atoms with van der Waals surface area (Å²) in [5.74, 6) is 0.940. The zero-order valence-corrected chi connectivity index (χ0v) is 18.8. The molecule has 0 spiro atoms. The Balaban J connectivity index is 1.90. The molecular weight excluding hydrogens is 418 g/mol. The number of carbonyl (C=O) groups is 2. The first-order chi connectivity index (χ1) is 15.0. The first-order valence-corrected chi connectivity index (χ1v) is 10.7. The van der Waals surface area contributed by atoms with Crippen LogP contribution in [-0.4, -0.2) is 50.7 Å². The van der Waals surface area contributed by atoms with Crippen LogP contribution in [0.25, 0.3) is 0 Å². The van der Waals surface area contributed by atoms with Crippen molar-refractivity contribution in [2.75, 3.05) is 33.9 Å². The fraction of sp³-hybridized carbons (Fsp3) is 0.391. The minimum Gasteiger partial charge on any atom is -0.493 e. The highest BCUT2D eigenvalue weighted by Gasteiger charge is 2.32. The lowest BCUT2D eigenvalue weighted by molar-refractivity contribution is 0.0934. The van der Waals surface area contributed by atoms with Crippen molar-refractivity contribution in [2.45, 2.75) is 25.8 Å². The predicted molar refractivity (Wildman–Crippen MR) is 120 cm³/mol. The third kappa shape index (κ3) is 5.05. The van der Waals surface area contributed by atoms with E-state index in [1.165, 1.54) is 0 Å². The average molecular weight is 446 g/mol. The quantitative estimate of drug-likeness (QED) is 0.679. The molecule has 31 heavy (non-hydrogen) atoms. The molecule has 0 fully saturated rings. The van der Waals surface area contributed by atoms with Gasteiger partial charge in [0.15, 0.2) is 11.5 Å². The van der Waals surface area contributed by atoms with Crippen LogP contribution in [0, 0.1) is 0 Å². The molecule has 7 nitrogen and oxygen atoms in total. The van der Waals surface area contributed by atoms with E-state index in [0.29, 0.717) is 41.6 Å². The summed E-state index contributed by atoms with van der Waals surface area (Å²) in [6, 6.07) is 10.2. The van der Waals surface area contributed by atoms with Crippen LogP contribution in [0.1, 0.15) is 40.9 Å². The van der Waals surface area contributed by atoms with E-state index in [1.54, 1.807) is 43.4 Å². The Bertz CT molecular complexity index is 950. The van der Waals surface area contributed by atoms with Crippen LogP contribution in [0.15, 0.2) is 36.4 Å².